The van der Waals surface area contributed by atoms with Crippen LogP contribution in [0.15, 0.2) is 42.6 Å². The third-order valence-corrected chi connectivity index (χ3v) is 4.71. The van der Waals surface area contributed by atoms with Crippen molar-refractivity contribution in [2.75, 3.05) is 37.7 Å². The Balaban J connectivity index is 1.47. The quantitative estimate of drug-likeness (QED) is 0.834. The number of anilines is 1. The molecular formula is C21H25N5O2. The number of pyridine rings is 1. The van der Waals surface area contributed by atoms with Crippen molar-refractivity contribution in [2.24, 2.45) is 0 Å². The highest BCUT2D eigenvalue weighted by atomic mass is 16.5. The first-order valence-electron chi connectivity index (χ1n) is 9.49. The highest BCUT2D eigenvalue weighted by Crippen LogP contribution is 2.18. The smallest absolute Gasteiger partial charge is 0.317 e. The van der Waals surface area contributed by atoms with E-state index in [2.05, 4.69) is 21.3 Å². The molecule has 0 unspecified atom stereocenters. The van der Waals surface area contributed by atoms with E-state index in [9.17, 15) is 10.1 Å². The Hall–Kier alpha value is -3.11. The van der Waals surface area contributed by atoms with Crippen LogP contribution >= 0.6 is 0 Å². The van der Waals surface area contributed by atoms with Gasteiger partial charge in [-0.15, -0.1) is 0 Å². The minimum absolute atomic E-state index is 0.0698. The molecule has 1 N–H and O–H groups in total. The molecule has 0 atom stereocenters. The zero-order valence-corrected chi connectivity index (χ0v) is 16.1. The maximum absolute atomic E-state index is 12.5. The number of nitrogens with one attached hydrogen (secondary N) is 1. The maximum Gasteiger partial charge on any atom is 0.317 e. The Kier molecular flexibility index (Phi) is 6.82. The normalized spacial score (nSPS) is 13.9. The van der Waals surface area contributed by atoms with Crippen molar-refractivity contribution in [3.8, 4) is 6.07 Å². The molecule has 146 valence electrons. The third-order valence-electron chi connectivity index (χ3n) is 4.71. The number of urea groups is 1. The van der Waals surface area contributed by atoms with Crippen LogP contribution in [0.2, 0.25) is 0 Å². The van der Waals surface area contributed by atoms with E-state index in [-0.39, 0.29) is 6.03 Å². The molecule has 2 amide bonds. The van der Waals surface area contributed by atoms with E-state index in [0.717, 1.165) is 11.1 Å². The average Bonchev–Trinajstić information content (AvgIpc) is 2.76. The van der Waals surface area contributed by atoms with Gasteiger partial charge in [-0.1, -0.05) is 24.3 Å². The van der Waals surface area contributed by atoms with Crippen molar-refractivity contribution in [1.29, 1.82) is 5.26 Å². The maximum atomic E-state index is 12.5. The summed E-state index contributed by atoms with van der Waals surface area (Å²) in [6, 6.07) is 13.7. The van der Waals surface area contributed by atoms with Gasteiger partial charge in [-0.3, -0.25) is 0 Å². The summed E-state index contributed by atoms with van der Waals surface area (Å²) in [5.41, 5.74) is 2.74. The molecule has 7 heteroatoms. The summed E-state index contributed by atoms with van der Waals surface area (Å²) < 4.78 is 5.39. The van der Waals surface area contributed by atoms with Crippen LogP contribution in [0.5, 0.6) is 0 Å². The molecule has 1 aromatic heterocycles. The lowest BCUT2D eigenvalue weighted by atomic mass is 10.1. The highest BCUT2D eigenvalue weighted by molar-refractivity contribution is 5.74. The van der Waals surface area contributed by atoms with Crippen LogP contribution in [-0.4, -0.2) is 48.7 Å². The standard InChI is InChI=1S/C21H25N5O2/c1-2-28-16-18-7-5-17(6-8-18)15-24-21(27)26-12-10-25(11-13-26)20-19(14-22)4-3-9-23-20/h3-9H,2,10-13,15-16H2,1H3,(H,24,27). The molecule has 0 spiro atoms. The second kappa shape index (κ2) is 9.72. The van der Waals surface area contributed by atoms with Crippen molar-refractivity contribution in [2.45, 2.75) is 20.1 Å². The molecule has 0 aliphatic carbocycles. The van der Waals surface area contributed by atoms with Gasteiger partial charge in [0.25, 0.3) is 0 Å². The summed E-state index contributed by atoms with van der Waals surface area (Å²) in [6.07, 6.45) is 1.69. The lowest BCUT2D eigenvalue weighted by Crippen LogP contribution is -2.52. The first-order valence-corrected chi connectivity index (χ1v) is 9.49. The lowest BCUT2D eigenvalue weighted by molar-refractivity contribution is 0.134. The number of aromatic nitrogens is 1. The monoisotopic (exact) mass is 379 g/mol. The van der Waals surface area contributed by atoms with E-state index < -0.39 is 0 Å². The first-order chi connectivity index (χ1) is 13.7. The average molecular weight is 379 g/mol. The Labute approximate surface area is 165 Å². The van der Waals surface area contributed by atoms with E-state index in [1.165, 1.54) is 0 Å². The summed E-state index contributed by atoms with van der Waals surface area (Å²) >= 11 is 0. The predicted molar refractivity (Wildman–Crippen MR) is 107 cm³/mol. The van der Waals surface area contributed by atoms with Crippen LogP contribution in [0.25, 0.3) is 0 Å². The number of benzene rings is 1. The fraction of sp³-hybridized carbons (Fsp3) is 0.381. The molecule has 2 aromatic rings. The fourth-order valence-corrected chi connectivity index (χ4v) is 3.12. The van der Waals surface area contributed by atoms with E-state index >= 15 is 0 Å². The Bertz CT molecular complexity index is 823. The number of carbonyl (C=O) groups is 1. The van der Waals surface area contributed by atoms with Crippen molar-refractivity contribution in [3.63, 3.8) is 0 Å². The van der Waals surface area contributed by atoms with Crippen molar-refractivity contribution >= 4 is 11.8 Å². The number of hydrogen-bond acceptors (Lipinski definition) is 5. The van der Waals surface area contributed by atoms with Gasteiger partial charge in [0.1, 0.15) is 11.9 Å². The number of ether oxygens (including phenoxy) is 1. The van der Waals surface area contributed by atoms with Gasteiger partial charge >= 0.3 is 6.03 Å². The van der Waals surface area contributed by atoms with Crippen molar-refractivity contribution in [1.82, 2.24) is 15.2 Å². The van der Waals surface area contributed by atoms with E-state index in [1.54, 1.807) is 23.2 Å². The van der Waals surface area contributed by atoms with Gasteiger partial charge in [0.15, 0.2) is 0 Å². The number of nitrogens with zero attached hydrogens (tertiary/aromatic N) is 4. The Morgan fingerprint density at radius 3 is 2.57 bits per heavy atom. The highest BCUT2D eigenvalue weighted by Gasteiger charge is 2.23. The molecule has 0 bridgehead atoms. The number of piperazine rings is 1. The molecule has 0 radical (unpaired) electrons. The first kappa shape index (κ1) is 19.6. The Morgan fingerprint density at radius 1 is 1.18 bits per heavy atom. The number of amides is 2. The molecule has 1 fully saturated rings. The summed E-state index contributed by atoms with van der Waals surface area (Å²) in [6.45, 7) is 6.29. The zero-order chi connectivity index (χ0) is 19.8. The molecule has 7 nitrogen and oxygen atoms in total. The summed E-state index contributed by atoms with van der Waals surface area (Å²) in [7, 11) is 0. The second-order valence-corrected chi connectivity index (χ2v) is 6.57. The van der Waals surface area contributed by atoms with Crippen molar-refractivity contribution in [3.05, 3.63) is 59.3 Å². The molecule has 1 aliphatic rings. The van der Waals surface area contributed by atoms with Crippen LogP contribution < -0.4 is 10.2 Å². The number of rotatable bonds is 6. The van der Waals surface area contributed by atoms with Gasteiger partial charge in [-0.05, 0) is 30.2 Å². The Morgan fingerprint density at radius 2 is 1.89 bits per heavy atom. The van der Waals surface area contributed by atoms with Crippen LogP contribution in [-0.2, 0) is 17.9 Å². The van der Waals surface area contributed by atoms with Crippen LogP contribution in [0.1, 0.15) is 23.6 Å². The van der Waals surface area contributed by atoms with Gasteiger partial charge in [-0.2, -0.15) is 5.26 Å². The van der Waals surface area contributed by atoms with Gasteiger partial charge in [0.2, 0.25) is 0 Å². The summed E-state index contributed by atoms with van der Waals surface area (Å²) in [5, 5.41) is 12.2. The summed E-state index contributed by atoms with van der Waals surface area (Å²) in [4.78, 5) is 20.6. The van der Waals surface area contributed by atoms with E-state index in [4.69, 9.17) is 4.74 Å². The van der Waals surface area contributed by atoms with Crippen LogP contribution in [0.4, 0.5) is 10.6 Å². The molecule has 3 rings (SSSR count). The lowest BCUT2D eigenvalue weighted by Gasteiger charge is -2.35. The molecule has 0 saturated carbocycles. The molecular weight excluding hydrogens is 354 g/mol. The van der Waals surface area contributed by atoms with Crippen LogP contribution in [0, 0.1) is 11.3 Å². The van der Waals surface area contributed by atoms with Crippen molar-refractivity contribution < 1.29 is 9.53 Å². The second-order valence-electron chi connectivity index (χ2n) is 6.57. The number of carbonyl (C=O) groups excluding carboxylic acids is 1. The fourth-order valence-electron chi connectivity index (χ4n) is 3.12. The third kappa shape index (κ3) is 4.99. The molecule has 1 aliphatic heterocycles. The van der Waals surface area contributed by atoms with Crippen LogP contribution in [0.3, 0.4) is 0 Å². The predicted octanol–water partition coefficient (Wildman–Crippen LogP) is 2.52. The minimum atomic E-state index is -0.0698. The SMILES string of the molecule is CCOCc1ccc(CNC(=O)N2CCN(c3ncccc3C#N)CC2)cc1. The van der Waals surface area contributed by atoms with E-state index in [0.29, 0.717) is 57.3 Å². The molecule has 1 saturated heterocycles. The minimum Gasteiger partial charge on any atom is -0.377 e. The zero-order valence-electron chi connectivity index (χ0n) is 16.1. The number of hydrogen-bond donors (Lipinski definition) is 1. The largest absolute Gasteiger partial charge is 0.377 e. The molecule has 28 heavy (non-hydrogen) atoms. The van der Waals surface area contributed by atoms with Gasteiger partial charge in [0.05, 0.1) is 12.2 Å². The summed E-state index contributed by atoms with van der Waals surface area (Å²) in [5.74, 6) is 0.692. The van der Waals surface area contributed by atoms with Gasteiger partial charge in [0, 0.05) is 45.5 Å². The van der Waals surface area contributed by atoms with E-state index in [1.807, 2.05) is 31.2 Å². The molecule has 2 heterocycles. The van der Waals surface area contributed by atoms with Gasteiger partial charge in [-0.25, -0.2) is 9.78 Å². The number of nitriles is 1. The molecule has 1 aromatic carbocycles. The van der Waals surface area contributed by atoms with Gasteiger partial charge < -0.3 is 19.9 Å². The topological polar surface area (TPSA) is 81.5 Å².